The molecular weight excluding hydrogens is 351 g/mol. The Balaban J connectivity index is 2.28. The molecule has 0 N–H and O–H groups in total. The molecule has 0 unspecified atom stereocenters. The lowest BCUT2D eigenvalue weighted by Crippen LogP contribution is -1.89. The van der Waals surface area contributed by atoms with Gasteiger partial charge in [-0.15, -0.1) is 0 Å². The molecule has 0 radical (unpaired) electrons. The van der Waals surface area contributed by atoms with E-state index < -0.39 is 0 Å². The minimum atomic E-state index is -0.371. The van der Waals surface area contributed by atoms with Crippen LogP contribution in [0.2, 0.25) is 0 Å². The first-order valence-corrected chi connectivity index (χ1v) is 6.89. The first-order chi connectivity index (χ1) is 8.20. The minimum Gasteiger partial charge on any atom is -0.453 e. The zero-order valence-corrected chi connectivity index (χ0v) is 12.0. The number of alkyl halides is 1. The highest BCUT2D eigenvalue weighted by Crippen LogP contribution is 2.32. The number of halogens is 3. The fraction of sp³-hybridized carbons (Fsp3) is 0.0769. The van der Waals surface area contributed by atoms with Crippen LogP contribution in [0.3, 0.4) is 0 Å². The number of benzene rings is 2. The molecular formula is C13H9Br2FO. The van der Waals surface area contributed by atoms with Gasteiger partial charge in [-0.3, -0.25) is 0 Å². The van der Waals surface area contributed by atoms with E-state index in [0.29, 0.717) is 5.75 Å². The Morgan fingerprint density at radius 3 is 2.47 bits per heavy atom. The summed E-state index contributed by atoms with van der Waals surface area (Å²) < 4.78 is 19.7. The largest absolute Gasteiger partial charge is 0.453 e. The molecule has 0 aliphatic carbocycles. The van der Waals surface area contributed by atoms with E-state index in [-0.39, 0.29) is 11.6 Å². The topological polar surface area (TPSA) is 9.23 Å². The van der Waals surface area contributed by atoms with Crippen molar-refractivity contribution >= 4 is 31.9 Å². The minimum absolute atomic E-state index is 0.222. The smallest absolute Gasteiger partial charge is 0.165 e. The second kappa shape index (κ2) is 5.65. The summed E-state index contributed by atoms with van der Waals surface area (Å²) in [4.78, 5) is 0. The van der Waals surface area contributed by atoms with Crippen molar-refractivity contribution in [3.8, 4) is 11.5 Å². The van der Waals surface area contributed by atoms with Gasteiger partial charge in [-0.1, -0.05) is 34.1 Å². The van der Waals surface area contributed by atoms with Crippen molar-refractivity contribution in [1.29, 1.82) is 0 Å². The Morgan fingerprint density at radius 2 is 1.82 bits per heavy atom. The van der Waals surface area contributed by atoms with E-state index in [0.717, 1.165) is 15.4 Å². The van der Waals surface area contributed by atoms with Crippen LogP contribution < -0.4 is 4.74 Å². The number of rotatable bonds is 3. The van der Waals surface area contributed by atoms with Gasteiger partial charge in [0.2, 0.25) is 0 Å². The molecule has 0 aliphatic heterocycles. The molecule has 2 aromatic carbocycles. The molecule has 0 amide bonds. The van der Waals surface area contributed by atoms with Crippen molar-refractivity contribution in [2.45, 2.75) is 5.33 Å². The summed E-state index contributed by atoms with van der Waals surface area (Å²) in [5.41, 5.74) is 1.12. The molecule has 2 rings (SSSR count). The van der Waals surface area contributed by atoms with Crippen molar-refractivity contribution in [3.63, 3.8) is 0 Å². The maximum atomic E-state index is 13.4. The van der Waals surface area contributed by atoms with E-state index in [4.69, 9.17) is 4.74 Å². The van der Waals surface area contributed by atoms with Gasteiger partial charge in [-0.05, 0) is 45.8 Å². The molecule has 0 saturated carbocycles. The Bertz CT molecular complexity index is 529. The third-order valence-corrected chi connectivity index (χ3v) is 3.47. The highest BCUT2D eigenvalue weighted by atomic mass is 79.9. The average molecular weight is 360 g/mol. The molecule has 0 fully saturated rings. The summed E-state index contributed by atoms with van der Waals surface area (Å²) in [6.07, 6.45) is 0. The van der Waals surface area contributed by atoms with Crippen molar-refractivity contribution in [2.24, 2.45) is 0 Å². The summed E-state index contributed by atoms with van der Waals surface area (Å²) in [6, 6.07) is 12.0. The second-order valence-corrected chi connectivity index (χ2v) is 4.85. The monoisotopic (exact) mass is 358 g/mol. The lowest BCUT2D eigenvalue weighted by Gasteiger charge is -2.09. The van der Waals surface area contributed by atoms with Crippen LogP contribution in [-0.2, 0) is 5.33 Å². The fourth-order valence-corrected chi connectivity index (χ4v) is 2.21. The van der Waals surface area contributed by atoms with E-state index >= 15 is 0 Å². The predicted molar refractivity (Wildman–Crippen MR) is 73.2 cm³/mol. The molecule has 0 bridgehead atoms. The molecule has 4 heteroatoms. The Hall–Kier alpha value is -0.870. The third-order valence-electron chi connectivity index (χ3n) is 2.21. The van der Waals surface area contributed by atoms with Crippen LogP contribution in [0.25, 0.3) is 0 Å². The van der Waals surface area contributed by atoms with Gasteiger partial charge in [0.25, 0.3) is 0 Å². The maximum absolute atomic E-state index is 13.4. The van der Waals surface area contributed by atoms with Gasteiger partial charge < -0.3 is 4.74 Å². The van der Waals surface area contributed by atoms with Crippen LogP contribution in [0.4, 0.5) is 4.39 Å². The predicted octanol–water partition coefficient (Wildman–Crippen LogP) is 5.28. The Morgan fingerprint density at radius 1 is 1.06 bits per heavy atom. The molecule has 0 spiro atoms. The van der Waals surface area contributed by atoms with Gasteiger partial charge in [0, 0.05) is 5.33 Å². The molecule has 0 saturated heterocycles. The molecule has 1 nitrogen and oxygen atoms in total. The summed E-state index contributed by atoms with van der Waals surface area (Å²) in [5.74, 6) is 0.448. The fourth-order valence-electron chi connectivity index (χ4n) is 1.36. The highest BCUT2D eigenvalue weighted by molar-refractivity contribution is 9.10. The number of hydrogen-bond donors (Lipinski definition) is 0. The van der Waals surface area contributed by atoms with Crippen molar-refractivity contribution in [1.82, 2.24) is 0 Å². The normalized spacial score (nSPS) is 10.3. The standard InChI is InChI=1S/C13H9Br2FO/c14-8-9-5-6-12(10(15)7-9)17-13-4-2-1-3-11(13)16/h1-7H,8H2. The maximum Gasteiger partial charge on any atom is 0.165 e. The number of para-hydroxylation sites is 1. The van der Waals surface area contributed by atoms with Crippen LogP contribution in [0.1, 0.15) is 5.56 Å². The van der Waals surface area contributed by atoms with Crippen LogP contribution in [0, 0.1) is 5.82 Å². The van der Waals surface area contributed by atoms with E-state index in [1.165, 1.54) is 6.07 Å². The number of ether oxygens (including phenoxy) is 1. The van der Waals surface area contributed by atoms with Crippen LogP contribution >= 0.6 is 31.9 Å². The van der Waals surface area contributed by atoms with Crippen LogP contribution in [0.5, 0.6) is 11.5 Å². The number of hydrogen-bond acceptors (Lipinski definition) is 1. The van der Waals surface area contributed by atoms with Gasteiger partial charge in [-0.2, -0.15) is 0 Å². The van der Waals surface area contributed by atoms with Gasteiger partial charge in [-0.25, -0.2) is 4.39 Å². The first-order valence-electron chi connectivity index (χ1n) is 4.97. The SMILES string of the molecule is Fc1ccccc1Oc1ccc(CBr)cc1Br. The molecule has 2 aromatic rings. The van der Waals surface area contributed by atoms with Crippen LogP contribution in [-0.4, -0.2) is 0 Å². The third kappa shape index (κ3) is 3.07. The van der Waals surface area contributed by atoms with E-state index in [1.807, 2.05) is 18.2 Å². The van der Waals surface area contributed by atoms with Crippen molar-refractivity contribution < 1.29 is 9.13 Å². The molecule has 0 heterocycles. The van der Waals surface area contributed by atoms with E-state index in [1.54, 1.807) is 18.2 Å². The first kappa shape index (κ1) is 12.6. The zero-order chi connectivity index (χ0) is 12.3. The summed E-state index contributed by atoms with van der Waals surface area (Å²) in [7, 11) is 0. The quantitative estimate of drug-likeness (QED) is 0.678. The summed E-state index contributed by atoms with van der Waals surface area (Å²) in [5, 5.41) is 0.769. The van der Waals surface area contributed by atoms with E-state index in [2.05, 4.69) is 31.9 Å². The van der Waals surface area contributed by atoms with Crippen molar-refractivity contribution in [2.75, 3.05) is 0 Å². The average Bonchev–Trinajstić information content (AvgIpc) is 2.34. The van der Waals surface area contributed by atoms with Gasteiger partial charge in [0.15, 0.2) is 11.6 Å². The molecule has 0 aromatic heterocycles. The van der Waals surface area contributed by atoms with Gasteiger partial charge in [0.1, 0.15) is 5.75 Å². The summed E-state index contributed by atoms with van der Waals surface area (Å²) >= 11 is 6.77. The van der Waals surface area contributed by atoms with Gasteiger partial charge in [0.05, 0.1) is 4.47 Å². The zero-order valence-electron chi connectivity index (χ0n) is 8.79. The second-order valence-electron chi connectivity index (χ2n) is 3.43. The van der Waals surface area contributed by atoms with E-state index in [9.17, 15) is 4.39 Å². The Kier molecular flexibility index (Phi) is 4.18. The van der Waals surface area contributed by atoms with Crippen molar-refractivity contribution in [3.05, 3.63) is 58.3 Å². The lowest BCUT2D eigenvalue weighted by molar-refractivity contribution is 0.440. The molecule has 0 aliphatic rings. The lowest BCUT2D eigenvalue weighted by atomic mass is 10.2. The summed E-state index contributed by atoms with van der Waals surface area (Å²) in [6.45, 7) is 0. The van der Waals surface area contributed by atoms with Gasteiger partial charge >= 0.3 is 0 Å². The Labute approximate surface area is 116 Å². The molecule has 17 heavy (non-hydrogen) atoms. The molecule has 0 atom stereocenters. The van der Waals surface area contributed by atoms with Crippen LogP contribution in [0.15, 0.2) is 46.9 Å². The molecule has 88 valence electrons. The highest BCUT2D eigenvalue weighted by Gasteiger charge is 2.07.